The third-order valence-corrected chi connectivity index (χ3v) is 8.83. The van der Waals surface area contributed by atoms with E-state index in [-0.39, 0.29) is 24.1 Å². The number of sulfonamides is 1. The van der Waals surface area contributed by atoms with Crippen LogP contribution in [-0.4, -0.2) is 48.7 Å². The molecule has 0 atom stereocenters. The molecule has 6 rings (SSSR count). The third kappa shape index (κ3) is 3.83. The van der Waals surface area contributed by atoms with Crippen molar-refractivity contribution < 1.29 is 24.2 Å². The number of hydrogen-bond acceptors (Lipinski definition) is 5. The summed E-state index contributed by atoms with van der Waals surface area (Å²) in [4.78, 5) is 27.5. The predicted octanol–water partition coefficient (Wildman–Crippen LogP) is 3.89. The van der Waals surface area contributed by atoms with Crippen molar-refractivity contribution in [3.63, 3.8) is 0 Å². The molecule has 2 aliphatic heterocycles. The molecule has 36 heavy (non-hydrogen) atoms. The van der Waals surface area contributed by atoms with Crippen LogP contribution in [0.2, 0.25) is 0 Å². The second-order valence-electron chi connectivity index (χ2n) is 9.77. The van der Waals surface area contributed by atoms with Crippen LogP contribution >= 0.6 is 0 Å². The number of piperidine rings is 1. The number of para-hydroxylation sites is 2. The van der Waals surface area contributed by atoms with Crippen LogP contribution in [-0.2, 0) is 15.6 Å². The van der Waals surface area contributed by atoms with E-state index in [2.05, 4.69) is 4.72 Å². The molecule has 1 amide bonds. The maximum Gasteiger partial charge on any atom is 0.253 e. The Morgan fingerprint density at radius 3 is 2.36 bits per heavy atom. The maximum atomic E-state index is 13.2. The molecule has 1 aromatic heterocycles. The molecule has 1 saturated carbocycles. The zero-order valence-electron chi connectivity index (χ0n) is 19.9. The topological polar surface area (TPSA) is 97.7 Å². The molecule has 8 nitrogen and oxygen atoms in total. The lowest BCUT2D eigenvalue weighted by Gasteiger charge is -2.45. The molecular formula is C27H29N3O5S. The van der Waals surface area contributed by atoms with Crippen molar-refractivity contribution in [3.8, 4) is 11.4 Å². The summed E-state index contributed by atoms with van der Waals surface area (Å²) in [5, 5.41) is 0. The standard InChI is InChI=1S/C27H27N3O5S.H2/c1-18(31)22-12-13-25-27(35-24-5-3-2-4-23(24)30(22)25)14-16-29(17-15-27)26(32)19-6-10-21(11-7-19)36(33,34)28-20-8-9-20;/h2-7,10-13,20,28H,8-9,14-17H2,1H3;1H. The summed E-state index contributed by atoms with van der Waals surface area (Å²) in [5.74, 6) is 0.568. The number of amides is 1. The Bertz CT molecular complexity index is 1470. The summed E-state index contributed by atoms with van der Waals surface area (Å²) in [6, 6.07) is 17.6. The number of carbonyl (C=O) groups excluding carboxylic acids is 2. The molecule has 2 aromatic carbocycles. The van der Waals surface area contributed by atoms with E-state index in [4.69, 9.17) is 4.74 Å². The average Bonchev–Trinajstić information content (AvgIpc) is 3.55. The Hall–Kier alpha value is -3.43. The van der Waals surface area contributed by atoms with Gasteiger partial charge in [-0.1, -0.05) is 12.1 Å². The number of likely N-dealkylation sites (tertiary alicyclic amines) is 1. The number of nitrogens with zero attached hydrogens (tertiary/aromatic N) is 2. The summed E-state index contributed by atoms with van der Waals surface area (Å²) in [6.45, 7) is 2.52. The molecule has 1 spiro atoms. The van der Waals surface area contributed by atoms with Crippen LogP contribution in [0.5, 0.6) is 5.75 Å². The zero-order chi connectivity index (χ0) is 25.1. The van der Waals surface area contributed by atoms with Gasteiger partial charge in [-0.3, -0.25) is 9.59 Å². The van der Waals surface area contributed by atoms with Gasteiger partial charge in [-0.2, -0.15) is 0 Å². The Labute approximate surface area is 211 Å². The molecule has 1 aliphatic carbocycles. The molecule has 3 aromatic rings. The number of Topliss-reactive ketones (excluding diaryl/α,β-unsaturated/α-hetero) is 1. The quantitative estimate of drug-likeness (QED) is 0.529. The van der Waals surface area contributed by atoms with Gasteiger partial charge in [-0.15, -0.1) is 0 Å². The Morgan fingerprint density at radius 1 is 1.00 bits per heavy atom. The Balaban J connectivity index is 0.00000280. The van der Waals surface area contributed by atoms with Crippen molar-refractivity contribution in [3.05, 3.63) is 77.6 Å². The smallest absolute Gasteiger partial charge is 0.253 e. The van der Waals surface area contributed by atoms with Gasteiger partial charge in [0.25, 0.3) is 5.91 Å². The maximum absolute atomic E-state index is 13.2. The third-order valence-electron chi connectivity index (χ3n) is 7.29. The molecule has 2 fully saturated rings. The fraction of sp³-hybridized carbons (Fsp3) is 0.333. The van der Waals surface area contributed by atoms with Crippen LogP contribution in [0, 0.1) is 0 Å². The van der Waals surface area contributed by atoms with Crippen LogP contribution < -0.4 is 9.46 Å². The van der Waals surface area contributed by atoms with Gasteiger partial charge in [-0.25, -0.2) is 13.1 Å². The van der Waals surface area contributed by atoms with Crippen molar-refractivity contribution in [2.75, 3.05) is 13.1 Å². The molecule has 3 heterocycles. The van der Waals surface area contributed by atoms with Gasteiger partial charge in [0.1, 0.15) is 5.75 Å². The SMILES string of the molecule is CC(=O)c1ccc2n1-c1ccccc1OC21CCN(C(=O)c2ccc(S(=O)(=O)NC3CC3)cc2)CC1.[HH]. The number of rotatable bonds is 5. The molecule has 3 aliphatic rings. The molecule has 0 radical (unpaired) electrons. The number of nitrogens with one attached hydrogen (secondary N) is 1. The number of ketones is 1. The molecule has 1 N–H and O–H groups in total. The van der Waals surface area contributed by atoms with E-state index < -0.39 is 15.6 Å². The fourth-order valence-corrected chi connectivity index (χ4v) is 6.50. The first-order valence-corrected chi connectivity index (χ1v) is 13.7. The van der Waals surface area contributed by atoms with Gasteiger partial charge in [0.15, 0.2) is 11.4 Å². The van der Waals surface area contributed by atoms with Crippen molar-refractivity contribution >= 4 is 21.7 Å². The van der Waals surface area contributed by atoms with Crippen LogP contribution in [0.1, 0.15) is 60.6 Å². The summed E-state index contributed by atoms with van der Waals surface area (Å²) in [5.41, 5.74) is 2.21. The minimum Gasteiger partial charge on any atom is -0.479 e. The average molecular weight is 508 g/mol. The second-order valence-corrected chi connectivity index (χ2v) is 11.5. The van der Waals surface area contributed by atoms with Gasteiger partial charge in [0.05, 0.1) is 22.0 Å². The minimum atomic E-state index is -3.56. The first-order valence-electron chi connectivity index (χ1n) is 12.2. The summed E-state index contributed by atoms with van der Waals surface area (Å²) < 4.78 is 36.1. The summed E-state index contributed by atoms with van der Waals surface area (Å²) in [7, 11) is -3.56. The van der Waals surface area contributed by atoms with Crippen molar-refractivity contribution in [1.82, 2.24) is 14.2 Å². The first kappa shape index (κ1) is 23.0. The number of carbonyl (C=O) groups is 2. The van der Waals surface area contributed by atoms with Crippen molar-refractivity contribution in [1.29, 1.82) is 0 Å². The summed E-state index contributed by atoms with van der Waals surface area (Å²) in [6.07, 6.45) is 2.88. The molecule has 0 unspecified atom stereocenters. The van der Waals surface area contributed by atoms with E-state index >= 15 is 0 Å². The lowest BCUT2D eigenvalue weighted by Crippen LogP contribution is -2.50. The zero-order valence-corrected chi connectivity index (χ0v) is 20.8. The normalized spacial score (nSPS) is 18.3. The Morgan fingerprint density at radius 2 is 1.69 bits per heavy atom. The largest absolute Gasteiger partial charge is 0.479 e. The summed E-state index contributed by atoms with van der Waals surface area (Å²) >= 11 is 0. The first-order chi connectivity index (χ1) is 17.3. The highest BCUT2D eigenvalue weighted by molar-refractivity contribution is 7.89. The van der Waals surface area contributed by atoms with Gasteiger partial charge in [-0.05, 0) is 61.4 Å². The highest BCUT2D eigenvalue weighted by Gasteiger charge is 2.45. The predicted molar refractivity (Wildman–Crippen MR) is 135 cm³/mol. The van der Waals surface area contributed by atoms with Crippen LogP contribution in [0.25, 0.3) is 5.69 Å². The highest BCUT2D eigenvalue weighted by atomic mass is 32.2. The lowest BCUT2D eigenvalue weighted by atomic mass is 9.86. The fourth-order valence-electron chi connectivity index (χ4n) is 5.19. The van der Waals surface area contributed by atoms with E-state index in [1.165, 1.54) is 12.1 Å². The highest BCUT2D eigenvalue weighted by Crippen LogP contribution is 2.46. The van der Waals surface area contributed by atoms with Crippen molar-refractivity contribution in [2.24, 2.45) is 0 Å². The van der Waals surface area contributed by atoms with Gasteiger partial charge in [0, 0.05) is 45.9 Å². The number of aromatic nitrogens is 1. The van der Waals surface area contributed by atoms with E-state index in [1.54, 1.807) is 24.0 Å². The Kier molecular flexibility index (Phi) is 5.31. The lowest BCUT2D eigenvalue weighted by molar-refractivity contribution is -0.00942. The van der Waals surface area contributed by atoms with E-state index in [0.717, 1.165) is 30.0 Å². The van der Waals surface area contributed by atoms with Gasteiger partial charge in [0.2, 0.25) is 10.0 Å². The number of hydrogen-bond donors (Lipinski definition) is 1. The van der Waals surface area contributed by atoms with Crippen LogP contribution in [0.15, 0.2) is 65.6 Å². The minimum absolute atomic E-state index is 0. The molecule has 188 valence electrons. The van der Waals surface area contributed by atoms with Gasteiger partial charge < -0.3 is 14.2 Å². The van der Waals surface area contributed by atoms with E-state index in [0.29, 0.717) is 37.2 Å². The monoisotopic (exact) mass is 507 g/mol. The molecular weight excluding hydrogens is 478 g/mol. The van der Waals surface area contributed by atoms with Crippen LogP contribution in [0.4, 0.5) is 0 Å². The van der Waals surface area contributed by atoms with E-state index in [1.807, 2.05) is 41.0 Å². The van der Waals surface area contributed by atoms with Crippen molar-refractivity contribution in [2.45, 2.75) is 49.1 Å². The van der Waals surface area contributed by atoms with E-state index in [9.17, 15) is 18.0 Å². The number of ether oxygens (including phenoxy) is 1. The molecule has 9 heteroatoms. The van der Waals surface area contributed by atoms with Crippen LogP contribution in [0.3, 0.4) is 0 Å². The number of fused-ring (bicyclic) bond motifs is 4. The van der Waals surface area contributed by atoms with Gasteiger partial charge >= 0.3 is 0 Å². The molecule has 0 bridgehead atoms. The second kappa shape index (κ2) is 8.31. The molecule has 1 saturated heterocycles. The number of benzene rings is 2.